The Morgan fingerprint density at radius 2 is 1.88 bits per heavy atom. The van der Waals surface area contributed by atoms with E-state index in [-0.39, 0.29) is 11.0 Å². The van der Waals surface area contributed by atoms with E-state index in [1.807, 2.05) is 6.07 Å². The van der Waals surface area contributed by atoms with Crippen LogP contribution < -0.4 is 16.2 Å². The Labute approximate surface area is 106 Å². The quantitative estimate of drug-likeness (QED) is 0.790. The Kier molecular flexibility index (Phi) is 4.20. The average molecular weight is 252 g/mol. The van der Waals surface area contributed by atoms with Gasteiger partial charge in [0.25, 0.3) is 0 Å². The van der Waals surface area contributed by atoms with Crippen molar-refractivity contribution in [2.24, 2.45) is 17.4 Å². The summed E-state index contributed by atoms with van der Waals surface area (Å²) >= 11 is 5.08. The summed E-state index contributed by atoms with van der Waals surface area (Å²) in [6.45, 7) is 3.54. The van der Waals surface area contributed by atoms with Crippen molar-refractivity contribution in [1.29, 1.82) is 0 Å². The number of benzene rings is 1. The predicted molar refractivity (Wildman–Crippen MR) is 70.6 cm³/mol. The second kappa shape index (κ2) is 5.25. The summed E-state index contributed by atoms with van der Waals surface area (Å²) in [6.07, 6.45) is 0. The second-order valence-electron chi connectivity index (χ2n) is 4.09. The molecular formula is C12H16N2O2S. The first kappa shape index (κ1) is 13.6. The van der Waals surface area contributed by atoms with Crippen LogP contribution in [0.15, 0.2) is 30.3 Å². The van der Waals surface area contributed by atoms with Crippen LogP contribution in [0.5, 0.6) is 5.75 Å². The highest BCUT2D eigenvalue weighted by atomic mass is 32.1. The molecule has 17 heavy (non-hydrogen) atoms. The van der Waals surface area contributed by atoms with Crippen molar-refractivity contribution < 1.29 is 9.53 Å². The molecule has 0 aromatic heterocycles. The van der Waals surface area contributed by atoms with Crippen LogP contribution in [0, 0.1) is 5.92 Å². The van der Waals surface area contributed by atoms with Gasteiger partial charge in [0.15, 0.2) is 10.6 Å². The molecule has 0 saturated heterocycles. The molecule has 1 atom stereocenters. The van der Waals surface area contributed by atoms with Gasteiger partial charge in [0, 0.05) is 0 Å². The van der Waals surface area contributed by atoms with E-state index >= 15 is 0 Å². The lowest BCUT2D eigenvalue weighted by Crippen LogP contribution is -2.62. The van der Waals surface area contributed by atoms with E-state index in [1.54, 1.807) is 38.1 Å². The molecule has 0 radical (unpaired) electrons. The zero-order chi connectivity index (χ0) is 13.1. The van der Waals surface area contributed by atoms with Gasteiger partial charge in [-0.3, -0.25) is 4.79 Å². The minimum absolute atomic E-state index is 0.00815. The fourth-order valence-corrected chi connectivity index (χ4v) is 1.73. The number of nitrogens with two attached hydrogens (primary N) is 2. The van der Waals surface area contributed by atoms with E-state index in [4.69, 9.17) is 28.4 Å². The lowest BCUT2D eigenvalue weighted by Gasteiger charge is -2.29. The molecule has 0 heterocycles. The van der Waals surface area contributed by atoms with Crippen LogP contribution in [0.25, 0.3) is 0 Å². The zero-order valence-corrected chi connectivity index (χ0v) is 10.7. The summed E-state index contributed by atoms with van der Waals surface area (Å²) in [4.78, 5) is 11.4. The van der Waals surface area contributed by atoms with Crippen molar-refractivity contribution in [3.63, 3.8) is 0 Å². The summed E-state index contributed by atoms with van der Waals surface area (Å²) in [6, 6.07) is 8.91. The average Bonchev–Trinajstić information content (AvgIpc) is 2.28. The molecule has 4 nitrogen and oxygen atoms in total. The number of thiocarbonyl (C=S) groups is 1. The number of amides is 1. The standard InChI is InChI=1S/C12H16N2O2S/c1-8(2)12(14,10(13)15)11(17)16-9-6-4-3-5-7-9/h3-8H,14H2,1-2H3,(H2,13,15)/t12-/m0/s1. The Balaban J connectivity index is 2.92. The molecular weight excluding hydrogens is 236 g/mol. The molecule has 1 aromatic rings. The molecule has 1 amide bonds. The molecule has 4 N–H and O–H groups in total. The maximum Gasteiger partial charge on any atom is 0.246 e. The summed E-state index contributed by atoms with van der Waals surface area (Å²) < 4.78 is 5.41. The van der Waals surface area contributed by atoms with Crippen LogP contribution in [0.2, 0.25) is 0 Å². The highest BCUT2D eigenvalue weighted by molar-refractivity contribution is 7.80. The van der Waals surface area contributed by atoms with Crippen LogP contribution in [0.4, 0.5) is 0 Å². The van der Waals surface area contributed by atoms with Gasteiger partial charge >= 0.3 is 0 Å². The molecule has 92 valence electrons. The van der Waals surface area contributed by atoms with Gasteiger partial charge < -0.3 is 16.2 Å². The van der Waals surface area contributed by atoms with E-state index < -0.39 is 11.4 Å². The van der Waals surface area contributed by atoms with Crippen molar-refractivity contribution in [2.45, 2.75) is 19.4 Å². The number of ether oxygens (including phenoxy) is 1. The summed E-state index contributed by atoms with van der Waals surface area (Å²) in [5, 5.41) is -0.00815. The van der Waals surface area contributed by atoms with Crippen LogP contribution in [0.3, 0.4) is 0 Å². The van der Waals surface area contributed by atoms with Gasteiger partial charge in [-0.1, -0.05) is 32.0 Å². The first-order valence-electron chi connectivity index (χ1n) is 5.25. The first-order chi connectivity index (χ1) is 7.89. The van der Waals surface area contributed by atoms with Crippen molar-refractivity contribution >= 4 is 23.2 Å². The Hall–Kier alpha value is -1.46. The monoisotopic (exact) mass is 252 g/mol. The molecule has 0 fully saturated rings. The van der Waals surface area contributed by atoms with Crippen molar-refractivity contribution in [2.75, 3.05) is 0 Å². The topological polar surface area (TPSA) is 78.3 Å². The van der Waals surface area contributed by atoms with E-state index in [0.717, 1.165) is 0 Å². The molecule has 0 unspecified atom stereocenters. The number of rotatable bonds is 4. The smallest absolute Gasteiger partial charge is 0.246 e. The number of hydrogen-bond acceptors (Lipinski definition) is 4. The largest absolute Gasteiger partial charge is 0.448 e. The third-order valence-electron chi connectivity index (χ3n) is 2.61. The van der Waals surface area contributed by atoms with Gasteiger partial charge in [-0.25, -0.2) is 0 Å². The molecule has 1 aromatic carbocycles. The van der Waals surface area contributed by atoms with Crippen LogP contribution >= 0.6 is 12.2 Å². The second-order valence-corrected chi connectivity index (χ2v) is 4.46. The van der Waals surface area contributed by atoms with E-state index in [0.29, 0.717) is 5.75 Å². The van der Waals surface area contributed by atoms with Gasteiger partial charge in [-0.05, 0) is 30.3 Å². The molecule has 0 saturated carbocycles. The van der Waals surface area contributed by atoms with Crippen LogP contribution in [0.1, 0.15) is 13.8 Å². The van der Waals surface area contributed by atoms with Crippen molar-refractivity contribution in [3.8, 4) is 5.75 Å². The number of hydrogen-bond donors (Lipinski definition) is 2. The lowest BCUT2D eigenvalue weighted by atomic mass is 9.87. The molecule has 1 rings (SSSR count). The predicted octanol–water partition coefficient (Wildman–Crippen LogP) is 1.23. The number of primary amides is 1. The first-order valence-corrected chi connectivity index (χ1v) is 5.66. The highest BCUT2D eigenvalue weighted by Crippen LogP contribution is 2.19. The zero-order valence-electron chi connectivity index (χ0n) is 9.84. The normalized spacial score (nSPS) is 14.1. The Morgan fingerprint density at radius 1 is 1.35 bits per heavy atom. The van der Waals surface area contributed by atoms with Gasteiger partial charge in [0.1, 0.15) is 5.75 Å². The third kappa shape index (κ3) is 2.81. The van der Waals surface area contributed by atoms with Gasteiger partial charge in [0.2, 0.25) is 5.91 Å². The third-order valence-corrected chi connectivity index (χ3v) is 3.03. The Bertz CT molecular complexity index is 420. The van der Waals surface area contributed by atoms with Crippen LogP contribution in [-0.2, 0) is 4.79 Å². The van der Waals surface area contributed by atoms with E-state index in [1.165, 1.54) is 0 Å². The lowest BCUT2D eigenvalue weighted by molar-refractivity contribution is -0.122. The van der Waals surface area contributed by atoms with Gasteiger partial charge in [-0.15, -0.1) is 0 Å². The minimum Gasteiger partial charge on any atom is -0.448 e. The fraction of sp³-hybridized carbons (Fsp3) is 0.333. The summed E-state index contributed by atoms with van der Waals surface area (Å²) in [5.41, 5.74) is 9.79. The van der Waals surface area contributed by atoms with Gasteiger partial charge in [-0.2, -0.15) is 0 Å². The Morgan fingerprint density at radius 3 is 2.29 bits per heavy atom. The highest BCUT2D eigenvalue weighted by Gasteiger charge is 2.42. The summed E-state index contributed by atoms with van der Waals surface area (Å²) in [7, 11) is 0. The number of para-hydroxylation sites is 1. The molecule has 5 heteroatoms. The molecule has 0 aliphatic carbocycles. The molecule has 0 bridgehead atoms. The maximum absolute atomic E-state index is 11.4. The SMILES string of the molecule is CC(C)[C@](N)(C(N)=O)C(=S)Oc1ccccc1. The molecule has 0 aliphatic heterocycles. The molecule has 0 spiro atoms. The maximum atomic E-state index is 11.4. The van der Waals surface area contributed by atoms with Crippen LogP contribution in [-0.4, -0.2) is 16.5 Å². The fourth-order valence-electron chi connectivity index (χ4n) is 1.30. The van der Waals surface area contributed by atoms with E-state index in [9.17, 15) is 4.79 Å². The van der Waals surface area contributed by atoms with Gasteiger partial charge in [0.05, 0.1) is 0 Å². The van der Waals surface area contributed by atoms with Crippen molar-refractivity contribution in [3.05, 3.63) is 30.3 Å². The van der Waals surface area contributed by atoms with E-state index in [2.05, 4.69) is 0 Å². The number of carbonyl (C=O) groups is 1. The number of carbonyl (C=O) groups excluding carboxylic acids is 1. The summed E-state index contributed by atoms with van der Waals surface area (Å²) in [5.74, 6) is -0.390. The minimum atomic E-state index is -1.44. The van der Waals surface area contributed by atoms with Crippen molar-refractivity contribution in [1.82, 2.24) is 0 Å². The molecule has 0 aliphatic rings.